The van der Waals surface area contributed by atoms with Crippen molar-refractivity contribution in [2.75, 3.05) is 0 Å². The maximum atomic E-state index is 10.8. The molecule has 2 atom stereocenters. The number of aliphatic imine (C=N–C) groups is 1. The van der Waals surface area contributed by atoms with Gasteiger partial charge in [0.15, 0.2) is 0 Å². The summed E-state index contributed by atoms with van der Waals surface area (Å²) >= 11 is 0. The van der Waals surface area contributed by atoms with Crippen molar-refractivity contribution in [3.63, 3.8) is 0 Å². The van der Waals surface area contributed by atoms with Gasteiger partial charge in [0, 0.05) is 0 Å². The van der Waals surface area contributed by atoms with Gasteiger partial charge in [0.1, 0.15) is 6.04 Å². The van der Waals surface area contributed by atoms with Crippen LogP contribution in [0.3, 0.4) is 0 Å². The molecule has 15 heavy (non-hydrogen) atoms. The Labute approximate surface area is 87.3 Å². The highest BCUT2D eigenvalue weighted by Crippen LogP contribution is 2.25. The fraction of sp³-hybridized carbons (Fsp3) is 0.273. The average Bonchev–Trinajstić information content (AvgIpc) is 2.26. The van der Waals surface area contributed by atoms with Crippen LogP contribution in [0.2, 0.25) is 0 Å². The quantitative estimate of drug-likeness (QED) is 0.601. The van der Waals surface area contributed by atoms with Crippen LogP contribution in [0.1, 0.15) is 18.5 Å². The number of rotatable bonds is 4. The molecule has 0 saturated carbocycles. The molecular formula is C11H11NO3. The molecule has 1 rings (SSSR count). The van der Waals surface area contributed by atoms with E-state index in [-0.39, 0.29) is 0 Å². The lowest BCUT2D eigenvalue weighted by Crippen LogP contribution is -2.17. The number of carbonyl (C=O) groups excluding carboxylic acids is 1. The summed E-state index contributed by atoms with van der Waals surface area (Å²) < 4.78 is 0. The number of aliphatic carboxylic acids is 1. The monoisotopic (exact) mass is 205 g/mol. The minimum atomic E-state index is -0.983. The Morgan fingerprint density at radius 1 is 1.40 bits per heavy atom. The van der Waals surface area contributed by atoms with Crippen molar-refractivity contribution >= 4 is 12.0 Å². The van der Waals surface area contributed by atoms with E-state index in [2.05, 4.69) is 4.99 Å². The van der Waals surface area contributed by atoms with Crippen molar-refractivity contribution in [3.8, 4) is 0 Å². The Bertz CT molecular complexity index is 382. The zero-order valence-electron chi connectivity index (χ0n) is 8.25. The van der Waals surface area contributed by atoms with E-state index in [9.17, 15) is 9.59 Å². The van der Waals surface area contributed by atoms with E-state index in [1.807, 2.05) is 6.07 Å². The molecule has 0 heterocycles. The van der Waals surface area contributed by atoms with Gasteiger partial charge in [-0.25, -0.2) is 4.79 Å². The Morgan fingerprint density at radius 2 is 2.00 bits per heavy atom. The van der Waals surface area contributed by atoms with Crippen molar-refractivity contribution in [2.24, 2.45) is 10.9 Å². The molecule has 0 aliphatic heterocycles. The van der Waals surface area contributed by atoms with Gasteiger partial charge in [-0.2, -0.15) is 4.99 Å². The van der Waals surface area contributed by atoms with Crippen molar-refractivity contribution in [1.82, 2.24) is 0 Å². The normalized spacial score (nSPS) is 13.7. The summed E-state index contributed by atoms with van der Waals surface area (Å²) in [5.41, 5.74) is 0.704. The van der Waals surface area contributed by atoms with Crippen LogP contribution in [0.5, 0.6) is 0 Å². The van der Waals surface area contributed by atoms with Crippen LogP contribution in [0.4, 0.5) is 0 Å². The molecule has 1 N–H and O–H groups in total. The molecular weight excluding hydrogens is 194 g/mol. The molecule has 1 aromatic rings. The molecule has 0 radical (unpaired) electrons. The number of hydrogen-bond donors (Lipinski definition) is 1. The van der Waals surface area contributed by atoms with E-state index in [1.165, 1.54) is 13.0 Å². The van der Waals surface area contributed by atoms with Crippen molar-refractivity contribution in [3.05, 3.63) is 35.9 Å². The van der Waals surface area contributed by atoms with Gasteiger partial charge >= 0.3 is 5.97 Å². The van der Waals surface area contributed by atoms with Gasteiger partial charge in [0.05, 0.1) is 5.92 Å². The summed E-state index contributed by atoms with van der Waals surface area (Å²) in [6.07, 6.45) is 1.41. The molecule has 0 aromatic heterocycles. The molecule has 78 valence electrons. The summed E-state index contributed by atoms with van der Waals surface area (Å²) in [6, 6.07) is 8.18. The summed E-state index contributed by atoms with van der Waals surface area (Å²) in [7, 11) is 0. The number of isocyanates is 1. The first kappa shape index (κ1) is 11.1. The number of carboxylic acid groups (broad SMARTS) is 1. The topological polar surface area (TPSA) is 66.7 Å². The number of hydrogen-bond acceptors (Lipinski definition) is 3. The van der Waals surface area contributed by atoms with Gasteiger partial charge in [-0.3, -0.25) is 4.79 Å². The number of benzene rings is 1. The van der Waals surface area contributed by atoms with Crippen LogP contribution in [-0.2, 0) is 9.59 Å². The number of carbonyl (C=O) groups is 1. The average molecular weight is 205 g/mol. The van der Waals surface area contributed by atoms with E-state index in [0.29, 0.717) is 5.56 Å². The van der Waals surface area contributed by atoms with Crippen LogP contribution < -0.4 is 0 Å². The van der Waals surface area contributed by atoms with Crippen LogP contribution in [0.25, 0.3) is 0 Å². The molecule has 2 unspecified atom stereocenters. The maximum Gasteiger partial charge on any atom is 0.308 e. The minimum absolute atomic E-state index is 0.666. The van der Waals surface area contributed by atoms with Crippen LogP contribution in [-0.4, -0.2) is 17.2 Å². The molecule has 4 heteroatoms. The lowest BCUT2D eigenvalue weighted by molar-refractivity contribution is -0.141. The van der Waals surface area contributed by atoms with Gasteiger partial charge in [0.25, 0.3) is 0 Å². The molecule has 4 nitrogen and oxygen atoms in total. The number of carboxylic acids is 1. The van der Waals surface area contributed by atoms with Crippen molar-refractivity contribution < 1.29 is 14.7 Å². The predicted molar refractivity (Wildman–Crippen MR) is 54.1 cm³/mol. The third-order valence-corrected chi connectivity index (χ3v) is 2.20. The second-order valence-electron chi connectivity index (χ2n) is 3.20. The highest BCUT2D eigenvalue weighted by atomic mass is 16.4. The summed E-state index contributed by atoms with van der Waals surface area (Å²) in [5.74, 6) is -1.73. The Balaban J connectivity index is 3.03. The molecule has 0 amide bonds. The molecule has 0 aliphatic rings. The zero-order valence-corrected chi connectivity index (χ0v) is 8.25. The standard InChI is InChI=1S/C11H11NO3/c1-8(11(14)15)10(12-7-13)9-5-3-2-4-6-9/h2-6,8,10H,1H3,(H,14,15). The second-order valence-corrected chi connectivity index (χ2v) is 3.20. The summed E-state index contributed by atoms with van der Waals surface area (Å²) in [6.45, 7) is 1.51. The molecule has 0 bridgehead atoms. The Kier molecular flexibility index (Phi) is 3.77. The largest absolute Gasteiger partial charge is 0.481 e. The van der Waals surface area contributed by atoms with Gasteiger partial charge < -0.3 is 5.11 Å². The minimum Gasteiger partial charge on any atom is -0.481 e. The Hall–Kier alpha value is -1.93. The van der Waals surface area contributed by atoms with E-state index < -0.39 is 17.9 Å². The first-order valence-electron chi connectivity index (χ1n) is 4.51. The van der Waals surface area contributed by atoms with Gasteiger partial charge in [-0.1, -0.05) is 30.3 Å². The molecule has 0 aliphatic carbocycles. The lowest BCUT2D eigenvalue weighted by Gasteiger charge is -2.14. The third-order valence-electron chi connectivity index (χ3n) is 2.20. The zero-order chi connectivity index (χ0) is 11.3. The van der Waals surface area contributed by atoms with E-state index in [1.54, 1.807) is 24.3 Å². The SMILES string of the molecule is CC(C(=O)O)C(N=C=O)c1ccccc1. The van der Waals surface area contributed by atoms with Crippen molar-refractivity contribution in [2.45, 2.75) is 13.0 Å². The van der Waals surface area contributed by atoms with Crippen LogP contribution >= 0.6 is 0 Å². The molecule has 0 spiro atoms. The highest BCUT2D eigenvalue weighted by Gasteiger charge is 2.24. The van der Waals surface area contributed by atoms with E-state index in [0.717, 1.165) is 0 Å². The lowest BCUT2D eigenvalue weighted by atomic mass is 9.95. The maximum absolute atomic E-state index is 10.8. The Morgan fingerprint density at radius 3 is 2.47 bits per heavy atom. The van der Waals surface area contributed by atoms with Crippen LogP contribution in [0, 0.1) is 5.92 Å². The van der Waals surface area contributed by atoms with Gasteiger partial charge in [-0.15, -0.1) is 0 Å². The van der Waals surface area contributed by atoms with Gasteiger partial charge in [-0.05, 0) is 12.5 Å². The second kappa shape index (κ2) is 5.08. The number of nitrogens with zero attached hydrogens (tertiary/aromatic N) is 1. The molecule has 0 saturated heterocycles. The smallest absolute Gasteiger partial charge is 0.308 e. The summed E-state index contributed by atoms with van der Waals surface area (Å²) in [5, 5.41) is 8.85. The first-order valence-corrected chi connectivity index (χ1v) is 4.51. The fourth-order valence-electron chi connectivity index (χ4n) is 1.32. The third kappa shape index (κ3) is 2.76. The highest BCUT2D eigenvalue weighted by molar-refractivity contribution is 5.71. The molecule has 1 aromatic carbocycles. The van der Waals surface area contributed by atoms with E-state index in [4.69, 9.17) is 5.11 Å². The molecule has 0 fully saturated rings. The summed E-state index contributed by atoms with van der Waals surface area (Å²) in [4.78, 5) is 24.6. The van der Waals surface area contributed by atoms with E-state index >= 15 is 0 Å². The predicted octanol–water partition coefficient (Wildman–Crippen LogP) is 1.78. The fourth-order valence-corrected chi connectivity index (χ4v) is 1.32. The van der Waals surface area contributed by atoms with Gasteiger partial charge in [0.2, 0.25) is 6.08 Å². The van der Waals surface area contributed by atoms with Crippen molar-refractivity contribution in [1.29, 1.82) is 0 Å². The van der Waals surface area contributed by atoms with Crippen LogP contribution in [0.15, 0.2) is 35.3 Å². The first-order chi connectivity index (χ1) is 7.16.